The van der Waals surface area contributed by atoms with E-state index in [2.05, 4.69) is 15.0 Å². The van der Waals surface area contributed by atoms with E-state index in [-0.39, 0.29) is 18.8 Å². The number of nitrogens with one attached hydrogen (secondary N) is 1. The number of hydrogen-bond acceptors (Lipinski definition) is 5. The molecule has 3 N–H and O–H groups in total. The van der Waals surface area contributed by atoms with Crippen LogP contribution in [0.1, 0.15) is 0 Å². The molecule has 1 aromatic carbocycles. The van der Waals surface area contributed by atoms with E-state index in [1.54, 1.807) is 6.20 Å². The fourth-order valence-electron chi connectivity index (χ4n) is 1.53. The van der Waals surface area contributed by atoms with Crippen molar-refractivity contribution >= 4 is 15.7 Å². The summed E-state index contributed by atoms with van der Waals surface area (Å²) in [6.07, 6.45) is 3.06. The average molecular weight is 285 g/mol. The minimum Gasteiger partial charge on any atom is -0.398 e. The van der Waals surface area contributed by atoms with Crippen LogP contribution in [-0.4, -0.2) is 30.0 Å². The van der Waals surface area contributed by atoms with E-state index in [4.69, 9.17) is 5.73 Å². The van der Waals surface area contributed by atoms with Gasteiger partial charge in [0.15, 0.2) is 0 Å². The molecule has 19 heavy (non-hydrogen) atoms. The smallest absolute Gasteiger partial charge is 0.245 e. The largest absolute Gasteiger partial charge is 0.398 e. The maximum absolute atomic E-state index is 13.5. The van der Waals surface area contributed by atoms with Gasteiger partial charge in [-0.05, 0) is 12.1 Å². The molecule has 0 saturated heterocycles. The van der Waals surface area contributed by atoms with Gasteiger partial charge in [0.05, 0.1) is 18.4 Å². The maximum Gasteiger partial charge on any atom is 0.245 e. The van der Waals surface area contributed by atoms with Gasteiger partial charge in [0.1, 0.15) is 10.7 Å². The van der Waals surface area contributed by atoms with Gasteiger partial charge in [0.25, 0.3) is 0 Å². The summed E-state index contributed by atoms with van der Waals surface area (Å²) in [4.78, 5) is -0.534. The number of rotatable bonds is 5. The predicted molar refractivity (Wildman–Crippen MR) is 66.0 cm³/mol. The summed E-state index contributed by atoms with van der Waals surface area (Å²) in [5, 5.41) is 7.26. The lowest BCUT2D eigenvalue weighted by Gasteiger charge is -2.09. The van der Waals surface area contributed by atoms with Gasteiger partial charge in [-0.3, -0.25) is 4.68 Å². The molecule has 0 amide bonds. The Labute approximate surface area is 109 Å². The van der Waals surface area contributed by atoms with Crippen molar-refractivity contribution in [3.05, 3.63) is 36.4 Å². The van der Waals surface area contributed by atoms with Crippen LogP contribution in [0, 0.1) is 5.82 Å². The summed E-state index contributed by atoms with van der Waals surface area (Å²) < 4.78 is 41.1. The molecule has 2 aromatic rings. The molecule has 0 unspecified atom stereocenters. The summed E-state index contributed by atoms with van der Waals surface area (Å²) in [5.41, 5.74) is 5.36. The Morgan fingerprint density at radius 1 is 1.42 bits per heavy atom. The average Bonchev–Trinajstić information content (AvgIpc) is 2.81. The van der Waals surface area contributed by atoms with Crippen molar-refractivity contribution in [3.63, 3.8) is 0 Å². The minimum atomic E-state index is -3.99. The zero-order chi connectivity index (χ0) is 13.9. The molecule has 7 nitrogen and oxygen atoms in total. The van der Waals surface area contributed by atoms with Crippen molar-refractivity contribution in [3.8, 4) is 0 Å². The normalized spacial score (nSPS) is 11.6. The van der Waals surface area contributed by atoms with Gasteiger partial charge in [-0.25, -0.2) is 17.5 Å². The molecule has 0 aliphatic carbocycles. The van der Waals surface area contributed by atoms with E-state index >= 15 is 0 Å². The number of anilines is 1. The number of benzene rings is 1. The number of nitrogen functional groups attached to an aromatic ring is 1. The van der Waals surface area contributed by atoms with Crippen molar-refractivity contribution in [2.45, 2.75) is 11.4 Å². The second kappa shape index (κ2) is 5.33. The molecule has 0 aliphatic heterocycles. The monoisotopic (exact) mass is 285 g/mol. The molecule has 9 heteroatoms. The van der Waals surface area contributed by atoms with Crippen LogP contribution in [-0.2, 0) is 16.6 Å². The van der Waals surface area contributed by atoms with Gasteiger partial charge in [0, 0.05) is 12.7 Å². The lowest BCUT2D eigenvalue weighted by molar-refractivity contribution is 0.541. The molecule has 0 fully saturated rings. The standard InChI is InChI=1S/C10H12FN5O2S/c11-8-2-1-3-9(12)10(8)19(17,18)14-5-7-16-6-4-13-15-16/h1-4,6,14H,5,7,12H2. The summed E-state index contributed by atoms with van der Waals surface area (Å²) in [6, 6.07) is 3.72. The van der Waals surface area contributed by atoms with Gasteiger partial charge in [-0.1, -0.05) is 11.3 Å². The fourth-order valence-corrected chi connectivity index (χ4v) is 2.74. The van der Waals surface area contributed by atoms with Crippen LogP contribution in [0.3, 0.4) is 0 Å². The number of nitrogens with zero attached hydrogens (tertiary/aromatic N) is 3. The molecule has 0 saturated carbocycles. The van der Waals surface area contributed by atoms with Crippen molar-refractivity contribution in [2.75, 3.05) is 12.3 Å². The number of sulfonamides is 1. The lowest BCUT2D eigenvalue weighted by atomic mass is 10.3. The third kappa shape index (κ3) is 3.06. The summed E-state index contributed by atoms with van der Waals surface area (Å²) >= 11 is 0. The van der Waals surface area contributed by atoms with E-state index in [9.17, 15) is 12.8 Å². The topological polar surface area (TPSA) is 103 Å². The molecule has 0 radical (unpaired) electrons. The molecular formula is C10H12FN5O2S. The number of halogens is 1. The minimum absolute atomic E-state index is 0.0550. The third-order valence-corrected chi connectivity index (χ3v) is 3.92. The van der Waals surface area contributed by atoms with Crippen molar-refractivity contribution < 1.29 is 12.8 Å². The first kappa shape index (κ1) is 13.4. The van der Waals surface area contributed by atoms with Gasteiger partial charge >= 0.3 is 0 Å². The zero-order valence-corrected chi connectivity index (χ0v) is 10.6. The van der Waals surface area contributed by atoms with Crippen LogP contribution in [0.15, 0.2) is 35.5 Å². The maximum atomic E-state index is 13.5. The van der Waals surface area contributed by atoms with Crippen molar-refractivity contribution in [2.24, 2.45) is 0 Å². The Kier molecular flexibility index (Phi) is 3.76. The summed E-state index contributed by atoms with van der Waals surface area (Å²) in [7, 11) is -3.99. The highest BCUT2D eigenvalue weighted by atomic mass is 32.2. The quantitative estimate of drug-likeness (QED) is 0.751. The van der Waals surface area contributed by atoms with Crippen LogP contribution in [0.2, 0.25) is 0 Å². The molecule has 0 aliphatic rings. The highest BCUT2D eigenvalue weighted by Crippen LogP contribution is 2.20. The van der Waals surface area contributed by atoms with E-state index in [0.29, 0.717) is 0 Å². The Morgan fingerprint density at radius 2 is 2.21 bits per heavy atom. The molecule has 0 atom stereocenters. The Hall–Kier alpha value is -2.00. The van der Waals surface area contributed by atoms with Crippen LogP contribution in [0.25, 0.3) is 0 Å². The van der Waals surface area contributed by atoms with Crippen LogP contribution < -0.4 is 10.5 Å². The second-order valence-corrected chi connectivity index (χ2v) is 5.43. The summed E-state index contributed by atoms with van der Waals surface area (Å²) in [6.45, 7) is 0.340. The molecule has 1 aromatic heterocycles. The number of nitrogens with two attached hydrogens (primary N) is 1. The van der Waals surface area contributed by atoms with Crippen LogP contribution in [0.4, 0.5) is 10.1 Å². The Bertz CT molecular complexity index is 636. The molecule has 102 valence electrons. The zero-order valence-electron chi connectivity index (χ0n) is 9.82. The van der Waals surface area contributed by atoms with Gasteiger partial charge in [-0.2, -0.15) is 0 Å². The van der Waals surface area contributed by atoms with Gasteiger partial charge in [-0.15, -0.1) is 5.10 Å². The first-order valence-corrected chi connectivity index (χ1v) is 6.87. The molecule has 2 rings (SSSR count). The van der Waals surface area contributed by atoms with E-state index in [1.807, 2.05) is 0 Å². The first-order chi connectivity index (χ1) is 9.00. The molecule has 0 bridgehead atoms. The number of hydrogen-bond donors (Lipinski definition) is 2. The molecular weight excluding hydrogens is 273 g/mol. The van der Waals surface area contributed by atoms with E-state index in [1.165, 1.54) is 23.0 Å². The van der Waals surface area contributed by atoms with Gasteiger partial charge < -0.3 is 5.73 Å². The summed E-state index contributed by atoms with van der Waals surface area (Å²) in [5.74, 6) is -0.881. The third-order valence-electron chi connectivity index (χ3n) is 2.37. The SMILES string of the molecule is Nc1cccc(F)c1S(=O)(=O)NCCn1ccnn1. The molecule has 1 heterocycles. The van der Waals surface area contributed by atoms with Crippen LogP contribution >= 0.6 is 0 Å². The highest BCUT2D eigenvalue weighted by molar-refractivity contribution is 7.89. The number of aromatic nitrogens is 3. The predicted octanol–water partition coefficient (Wildman–Crippen LogP) is -0.0221. The van der Waals surface area contributed by atoms with E-state index in [0.717, 1.165) is 6.07 Å². The van der Waals surface area contributed by atoms with Crippen molar-refractivity contribution in [1.82, 2.24) is 19.7 Å². The molecule has 0 spiro atoms. The van der Waals surface area contributed by atoms with Gasteiger partial charge in [0.2, 0.25) is 10.0 Å². The fraction of sp³-hybridized carbons (Fsp3) is 0.200. The Morgan fingerprint density at radius 3 is 2.84 bits per heavy atom. The first-order valence-electron chi connectivity index (χ1n) is 5.38. The van der Waals surface area contributed by atoms with E-state index < -0.39 is 20.7 Å². The van der Waals surface area contributed by atoms with Crippen LogP contribution in [0.5, 0.6) is 0 Å². The second-order valence-electron chi connectivity index (χ2n) is 3.72. The highest BCUT2D eigenvalue weighted by Gasteiger charge is 2.21. The lowest BCUT2D eigenvalue weighted by Crippen LogP contribution is -2.29. The van der Waals surface area contributed by atoms with Crippen molar-refractivity contribution in [1.29, 1.82) is 0 Å². The Balaban J connectivity index is 2.10.